The van der Waals surface area contributed by atoms with Crippen LogP contribution >= 0.6 is 0 Å². The highest BCUT2D eigenvalue weighted by molar-refractivity contribution is 5.96. The molecule has 0 spiro atoms. The normalized spacial score (nSPS) is 17.9. The lowest BCUT2D eigenvalue weighted by atomic mass is 10.2. The van der Waals surface area contributed by atoms with Crippen LogP contribution in [0, 0.1) is 0 Å². The number of ether oxygens (including phenoxy) is 1. The SMILES string of the molecule is COC(=O)NC1CCN(c2nccc(C(=O)O)c2N)C1. The predicted molar refractivity (Wildman–Crippen MR) is 71.8 cm³/mol. The number of hydrogen-bond donors (Lipinski definition) is 3. The second-order valence-electron chi connectivity index (χ2n) is 4.47. The molecule has 1 aromatic rings. The smallest absolute Gasteiger partial charge is 0.407 e. The van der Waals surface area contributed by atoms with E-state index in [0.29, 0.717) is 25.3 Å². The molecule has 0 saturated carbocycles. The van der Waals surface area contributed by atoms with Crippen LogP contribution in [0.5, 0.6) is 0 Å². The number of aromatic nitrogens is 1. The number of carbonyl (C=O) groups excluding carboxylic acids is 1. The van der Waals surface area contributed by atoms with Crippen LogP contribution in [0.1, 0.15) is 16.8 Å². The number of nitrogens with zero attached hydrogens (tertiary/aromatic N) is 2. The van der Waals surface area contributed by atoms with E-state index in [1.54, 1.807) is 0 Å². The molecule has 1 saturated heterocycles. The van der Waals surface area contributed by atoms with Crippen molar-refractivity contribution in [3.05, 3.63) is 17.8 Å². The summed E-state index contributed by atoms with van der Waals surface area (Å²) in [6.07, 6.45) is 1.64. The zero-order valence-electron chi connectivity index (χ0n) is 11.0. The minimum absolute atomic E-state index is 0.0272. The van der Waals surface area contributed by atoms with Gasteiger partial charge in [0, 0.05) is 19.3 Å². The highest BCUT2D eigenvalue weighted by Crippen LogP contribution is 2.27. The molecule has 1 fully saturated rings. The van der Waals surface area contributed by atoms with E-state index in [4.69, 9.17) is 10.8 Å². The van der Waals surface area contributed by atoms with E-state index in [1.807, 2.05) is 4.90 Å². The average Bonchev–Trinajstić information content (AvgIpc) is 2.86. The minimum atomic E-state index is -1.09. The Bertz CT molecular complexity index is 534. The molecule has 108 valence electrons. The Morgan fingerprint density at radius 1 is 1.60 bits per heavy atom. The Labute approximate surface area is 115 Å². The number of anilines is 2. The Kier molecular flexibility index (Phi) is 3.92. The number of nitrogens with one attached hydrogen (secondary N) is 1. The van der Waals surface area contributed by atoms with Gasteiger partial charge in [0.1, 0.15) is 0 Å². The molecule has 1 atom stereocenters. The predicted octanol–water partition coefficient (Wildman–Crippen LogP) is 0.297. The van der Waals surface area contributed by atoms with Crippen LogP contribution in [0.4, 0.5) is 16.3 Å². The zero-order valence-corrected chi connectivity index (χ0v) is 11.0. The number of alkyl carbamates (subject to hydrolysis) is 1. The molecule has 0 aromatic carbocycles. The second-order valence-corrected chi connectivity index (χ2v) is 4.47. The first-order chi connectivity index (χ1) is 9.52. The lowest BCUT2D eigenvalue weighted by Crippen LogP contribution is -2.37. The lowest BCUT2D eigenvalue weighted by Gasteiger charge is -2.20. The van der Waals surface area contributed by atoms with Crippen LogP contribution in [-0.2, 0) is 4.74 Å². The maximum absolute atomic E-state index is 11.2. The van der Waals surface area contributed by atoms with E-state index in [9.17, 15) is 9.59 Å². The maximum atomic E-state index is 11.2. The molecule has 0 bridgehead atoms. The van der Waals surface area contributed by atoms with Crippen molar-refractivity contribution in [2.75, 3.05) is 30.8 Å². The van der Waals surface area contributed by atoms with Crippen LogP contribution in [0.3, 0.4) is 0 Å². The molecule has 1 unspecified atom stereocenters. The number of amides is 1. The van der Waals surface area contributed by atoms with Crippen molar-refractivity contribution in [2.24, 2.45) is 0 Å². The van der Waals surface area contributed by atoms with Gasteiger partial charge in [-0.15, -0.1) is 0 Å². The van der Waals surface area contributed by atoms with Gasteiger partial charge in [0.15, 0.2) is 5.82 Å². The molecule has 4 N–H and O–H groups in total. The molecule has 20 heavy (non-hydrogen) atoms. The van der Waals surface area contributed by atoms with Crippen LogP contribution in [-0.4, -0.2) is 48.4 Å². The summed E-state index contributed by atoms with van der Waals surface area (Å²) in [6, 6.07) is 1.29. The number of methoxy groups -OCH3 is 1. The largest absolute Gasteiger partial charge is 0.478 e. The molecule has 0 radical (unpaired) electrons. The van der Waals surface area contributed by atoms with Crippen molar-refractivity contribution in [3.63, 3.8) is 0 Å². The van der Waals surface area contributed by atoms with Gasteiger partial charge in [0.05, 0.1) is 24.4 Å². The number of nitrogens with two attached hydrogens (primary N) is 1. The quantitative estimate of drug-likeness (QED) is 0.728. The molecule has 8 heteroatoms. The fourth-order valence-electron chi connectivity index (χ4n) is 2.20. The van der Waals surface area contributed by atoms with Crippen molar-refractivity contribution >= 4 is 23.6 Å². The van der Waals surface area contributed by atoms with Crippen molar-refractivity contribution < 1.29 is 19.4 Å². The van der Waals surface area contributed by atoms with Gasteiger partial charge in [-0.1, -0.05) is 0 Å². The van der Waals surface area contributed by atoms with E-state index < -0.39 is 12.1 Å². The Hall–Kier alpha value is -2.51. The van der Waals surface area contributed by atoms with Gasteiger partial charge in [0.2, 0.25) is 0 Å². The van der Waals surface area contributed by atoms with Gasteiger partial charge in [-0.05, 0) is 12.5 Å². The third-order valence-corrected chi connectivity index (χ3v) is 3.19. The molecule has 2 heterocycles. The van der Waals surface area contributed by atoms with Crippen LogP contribution < -0.4 is 16.0 Å². The summed E-state index contributed by atoms with van der Waals surface area (Å²) in [4.78, 5) is 28.2. The highest BCUT2D eigenvalue weighted by Gasteiger charge is 2.27. The molecular formula is C12H16N4O4. The summed E-state index contributed by atoms with van der Waals surface area (Å²) < 4.78 is 4.54. The summed E-state index contributed by atoms with van der Waals surface area (Å²) in [5.41, 5.74) is 6.00. The van der Waals surface area contributed by atoms with E-state index in [0.717, 1.165) is 0 Å². The monoisotopic (exact) mass is 280 g/mol. The second kappa shape index (κ2) is 5.64. The lowest BCUT2D eigenvalue weighted by molar-refractivity contribution is 0.0698. The van der Waals surface area contributed by atoms with Gasteiger partial charge < -0.3 is 25.8 Å². The van der Waals surface area contributed by atoms with Gasteiger partial charge in [-0.2, -0.15) is 0 Å². The van der Waals surface area contributed by atoms with Crippen molar-refractivity contribution in [1.29, 1.82) is 0 Å². The van der Waals surface area contributed by atoms with Crippen LogP contribution in [0.2, 0.25) is 0 Å². The van der Waals surface area contributed by atoms with Crippen molar-refractivity contribution in [3.8, 4) is 0 Å². The first kappa shape index (κ1) is 13.9. The molecule has 1 aliphatic heterocycles. The van der Waals surface area contributed by atoms with Gasteiger partial charge in [-0.3, -0.25) is 0 Å². The number of carbonyl (C=O) groups is 2. The number of carboxylic acid groups (broad SMARTS) is 1. The molecule has 2 rings (SSSR count). The van der Waals surface area contributed by atoms with E-state index in [1.165, 1.54) is 19.4 Å². The third-order valence-electron chi connectivity index (χ3n) is 3.19. The molecule has 1 aromatic heterocycles. The van der Waals surface area contributed by atoms with Gasteiger partial charge in [0.25, 0.3) is 0 Å². The van der Waals surface area contributed by atoms with Gasteiger partial charge in [-0.25, -0.2) is 14.6 Å². The molecule has 0 aliphatic carbocycles. The Morgan fingerprint density at radius 2 is 2.35 bits per heavy atom. The first-order valence-electron chi connectivity index (χ1n) is 6.10. The van der Waals surface area contributed by atoms with E-state index in [-0.39, 0.29) is 17.3 Å². The maximum Gasteiger partial charge on any atom is 0.407 e. The van der Waals surface area contributed by atoms with E-state index in [2.05, 4.69) is 15.0 Å². The van der Waals surface area contributed by atoms with Crippen LogP contribution in [0.15, 0.2) is 12.3 Å². The highest BCUT2D eigenvalue weighted by atomic mass is 16.5. The Morgan fingerprint density at radius 3 is 3.00 bits per heavy atom. The van der Waals surface area contributed by atoms with E-state index >= 15 is 0 Å². The average molecular weight is 280 g/mol. The van der Waals surface area contributed by atoms with Crippen LogP contribution in [0.25, 0.3) is 0 Å². The number of rotatable bonds is 3. The number of pyridine rings is 1. The summed E-state index contributed by atoms with van der Waals surface area (Å²) in [7, 11) is 1.30. The fourth-order valence-corrected chi connectivity index (χ4v) is 2.20. The first-order valence-corrected chi connectivity index (χ1v) is 6.10. The molecule has 1 aliphatic rings. The zero-order chi connectivity index (χ0) is 14.7. The van der Waals surface area contributed by atoms with Gasteiger partial charge >= 0.3 is 12.1 Å². The number of aromatic carboxylic acids is 1. The molecule has 8 nitrogen and oxygen atoms in total. The molecular weight excluding hydrogens is 264 g/mol. The summed E-state index contributed by atoms with van der Waals surface area (Å²) in [6.45, 7) is 1.14. The third kappa shape index (κ3) is 2.73. The standard InChI is InChI=1S/C12H16N4O4/c1-20-12(19)15-7-3-5-16(6-7)10-9(13)8(11(17)18)2-4-14-10/h2,4,7H,3,5-6,13H2,1H3,(H,15,19)(H,17,18). The fraction of sp³-hybridized carbons (Fsp3) is 0.417. The van der Waals surface area contributed by atoms with Crippen molar-refractivity contribution in [1.82, 2.24) is 10.3 Å². The number of hydrogen-bond acceptors (Lipinski definition) is 6. The summed E-state index contributed by atoms with van der Waals surface area (Å²) in [5.74, 6) is -0.659. The minimum Gasteiger partial charge on any atom is -0.478 e. The van der Waals surface area contributed by atoms with Crippen molar-refractivity contribution in [2.45, 2.75) is 12.5 Å². The summed E-state index contributed by atoms with van der Waals surface area (Å²) >= 11 is 0. The number of nitrogen functional groups attached to an aromatic ring is 1. The molecule has 1 amide bonds. The Balaban J connectivity index is 2.12. The summed E-state index contributed by atoms with van der Waals surface area (Å²) in [5, 5.41) is 11.7. The topological polar surface area (TPSA) is 118 Å². The number of carboxylic acids is 1.